The standard InChI is InChI=1S/C32H42N2O4/c1-4-6-7-8-9-10-11-12-21-36-27-15-13-26(14-16-27)32(35)38-31-18-17-28(37-24-25(3)5-2)22-29(31)30-23-33-19-20-34-30/h13-20,22-23,25H,4-12,21,24H2,1-3H3. The van der Waals surface area contributed by atoms with Crippen molar-refractivity contribution in [1.29, 1.82) is 0 Å². The molecule has 2 aromatic carbocycles. The van der Waals surface area contributed by atoms with Gasteiger partial charge in [-0.1, -0.05) is 72.1 Å². The van der Waals surface area contributed by atoms with Crippen LogP contribution >= 0.6 is 0 Å². The number of esters is 1. The van der Waals surface area contributed by atoms with Crippen LogP contribution in [0.3, 0.4) is 0 Å². The molecule has 6 heteroatoms. The minimum absolute atomic E-state index is 0.404. The number of nitrogens with zero attached hydrogens (tertiary/aromatic N) is 2. The van der Waals surface area contributed by atoms with Gasteiger partial charge < -0.3 is 14.2 Å². The highest BCUT2D eigenvalue weighted by atomic mass is 16.5. The number of hydrogen-bond acceptors (Lipinski definition) is 6. The lowest BCUT2D eigenvalue weighted by molar-refractivity contribution is 0.0735. The van der Waals surface area contributed by atoms with Gasteiger partial charge in [0.05, 0.1) is 30.7 Å². The summed E-state index contributed by atoms with van der Waals surface area (Å²) < 4.78 is 17.6. The molecular formula is C32H42N2O4. The predicted molar refractivity (Wildman–Crippen MR) is 152 cm³/mol. The zero-order valence-corrected chi connectivity index (χ0v) is 23.2. The van der Waals surface area contributed by atoms with Crippen molar-refractivity contribution in [3.05, 3.63) is 66.6 Å². The number of ether oxygens (including phenoxy) is 3. The van der Waals surface area contributed by atoms with E-state index in [2.05, 4.69) is 30.7 Å². The van der Waals surface area contributed by atoms with Crippen LogP contribution < -0.4 is 14.2 Å². The highest BCUT2D eigenvalue weighted by Gasteiger charge is 2.16. The summed E-state index contributed by atoms with van der Waals surface area (Å²) in [5.74, 6) is 1.86. The molecule has 0 aliphatic heterocycles. The Bertz CT molecular complexity index is 1090. The Morgan fingerprint density at radius 3 is 2.24 bits per heavy atom. The molecule has 1 aromatic heterocycles. The first-order valence-corrected chi connectivity index (χ1v) is 14.1. The molecule has 0 saturated heterocycles. The van der Waals surface area contributed by atoms with Crippen molar-refractivity contribution in [3.8, 4) is 28.5 Å². The second-order valence-electron chi connectivity index (χ2n) is 9.81. The maximum Gasteiger partial charge on any atom is 0.343 e. The highest BCUT2D eigenvalue weighted by molar-refractivity contribution is 5.92. The predicted octanol–water partition coefficient (Wildman–Crippen LogP) is 8.31. The topological polar surface area (TPSA) is 70.5 Å². The minimum Gasteiger partial charge on any atom is -0.494 e. The molecule has 38 heavy (non-hydrogen) atoms. The van der Waals surface area contributed by atoms with Gasteiger partial charge in [-0.05, 0) is 54.8 Å². The van der Waals surface area contributed by atoms with Gasteiger partial charge >= 0.3 is 5.97 Å². The number of aromatic nitrogens is 2. The van der Waals surface area contributed by atoms with E-state index in [1.54, 1.807) is 36.8 Å². The third-order valence-corrected chi connectivity index (χ3v) is 6.58. The monoisotopic (exact) mass is 518 g/mol. The van der Waals surface area contributed by atoms with Crippen molar-refractivity contribution in [1.82, 2.24) is 9.97 Å². The van der Waals surface area contributed by atoms with Gasteiger partial charge in [-0.15, -0.1) is 0 Å². The first-order chi connectivity index (χ1) is 18.6. The number of carbonyl (C=O) groups excluding carboxylic acids is 1. The number of carbonyl (C=O) groups is 1. The van der Waals surface area contributed by atoms with Crippen molar-refractivity contribution >= 4 is 5.97 Å². The van der Waals surface area contributed by atoms with Crippen LogP contribution in [0.25, 0.3) is 11.3 Å². The Morgan fingerprint density at radius 2 is 1.55 bits per heavy atom. The van der Waals surface area contributed by atoms with E-state index in [1.807, 2.05) is 24.3 Å². The Hall–Kier alpha value is -3.41. The Kier molecular flexibility index (Phi) is 12.6. The van der Waals surface area contributed by atoms with Crippen molar-refractivity contribution in [2.45, 2.75) is 78.6 Å². The normalized spacial score (nSPS) is 11.7. The molecule has 0 spiro atoms. The van der Waals surface area contributed by atoms with Gasteiger partial charge in [-0.25, -0.2) is 4.79 Å². The van der Waals surface area contributed by atoms with E-state index in [1.165, 1.54) is 44.9 Å². The van der Waals surface area contributed by atoms with Crippen molar-refractivity contribution in [2.24, 2.45) is 5.92 Å². The molecule has 3 aromatic rings. The van der Waals surface area contributed by atoms with Crippen molar-refractivity contribution in [3.63, 3.8) is 0 Å². The molecule has 0 aliphatic rings. The Morgan fingerprint density at radius 1 is 0.842 bits per heavy atom. The Labute approximate surface area is 227 Å². The lowest BCUT2D eigenvalue weighted by Crippen LogP contribution is -2.10. The molecule has 0 N–H and O–H groups in total. The van der Waals surface area contributed by atoms with E-state index < -0.39 is 5.97 Å². The van der Waals surface area contributed by atoms with E-state index in [4.69, 9.17) is 14.2 Å². The maximum atomic E-state index is 12.9. The molecule has 1 heterocycles. The molecule has 0 radical (unpaired) electrons. The summed E-state index contributed by atoms with van der Waals surface area (Å²) in [6.07, 6.45) is 16.0. The molecule has 0 amide bonds. The van der Waals surface area contributed by atoms with Crippen molar-refractivity contribution < 1.29 is 19.0 Å². The molecule has 204 valence electrons. The Balaban J connectivity index is 1.55. The van der Waals surface area contributed by atoms with Crippen LogP contribution in [0.1, 0.15) is 88.9 Å². The van der Waals surface area contributed by atoms with Crippen LogP contribution in [-0.2, 0) is 0 Å². The molecule has 6 nitrogen and oxygen atoms in total. The lowest BCUT2D eigenvalue weighted by atomic mass is 10.1. The molecule has 0 saturated carbocycles. The summed E-state index contributed by atoms with van der Waals surface area (Å²) in [7, 11) is 0. The summed E-state index contributed by atoms with van der Waals surface area (Å²) >= 11 is 0. The quantitative estimate of drug-likeness (QED) is 0.102. The SMILES string of the molecule is CCCCCCCCCCOc1ccc(C(=O)Oc2ccc(OCC(C)CC)cc2-c2cnccn2)cc1. The number of rotatable bonds is 17. The highest BCUT2D eigenvalue weighted by Crippen LogP contribution is 2.33. The smallest absolute Gasteiger partial charge is 0.343 e. The zero-order chi connectivity index (χ0) is 27.0. The third kappa shape index (κ3) is 9.81. The van der Waals surface area contributed by atoms with Crippen LogP contribution in [0.4, 0.5) is 0 Å². The van der Waals surface area contributed by atoms with E-state index in [-0.39, 0.29) is 0 Å². The fourth-order valence-electron chi connectivity index (χ4n) is 3.95. The van der Waals surface area contributed by atoms with Crippen LogP contribution in [-0.4, -0.2) is 29.2 Å². The zero-order valence-electron chi connectivity index (χ0n) is 23.2. The number of hydrogen-bond donors (Lipinski definition) is 0. The van der Waals surface area contributed by atoms with Gasteiger partial charge in [0.1, 0.15) is 17.2 Å². The van der Waals surface area contributed by atoms with E-state index >= 15 is 0 Å². The van der Waals surface area contributed by atoms with E-state index in [0.29, 0.717) is 47.5 Å². The fraction of sp³-hybridized carbons (Fsp3) is 0.469. The summed E-state index contributed by atoms with van der Waals surface area (Å²) in [5, 5.41) is 0. The fourth-order valence-corrected chi connectivity index (χ4v) is 3.95. The van der Waals surface area contributed by atoms with Gasteiger partial charge in [0.15, 0.2) is 0 Å². The van der Waals surface area contributed by atoms with E-state index in [0.717, 1.165) is 18.6 Å². The molecule has 0 bridgehead atoms. The molecule has 0 aliphatic carbocycles. The van der Waals surface area contributed by atoms with Gasteiger partial charge in [0.25, 0.3) is 0 Å². The molecule has 3 rings (SSSR count). The summed E-state index contributed by atoms with van der Waals surface area (Å²) in [5.41, 5.74) is 1.71. The van der Waals surface area contributed by atoms with Crippen LogP contribution in [0.2, 0.25) is 0 Å². The van der Waals surface area contributed by atoms with E-state index in [9.17, 15) is 4.79 Å². The first-order valence-electron chi connectivity index (χ1n) is 14.1. The third-order valence-electron chi connectivity index (χ3n) is 6.58. The van der Waals surface area contributed by atoms with Crippen molar-refractivity contribution in [2.75, 3.05) is 13.2 Å². The average molecular weight is 519 g/mol. The lowest BCUT2D eigenvalue weighted by Gasteiger charge is -2.14. The van der Waals surface area contributed by atoms with Gasteiger partial charge in [-0.3, -0.25) is 9.97 Å². The number of unbranched alkanes of at least 4 members (excludes halogenated alkanes) is 7. The molecular weight excluding hydrogens is 476 g/mol. The first kappa shape index (κ1) is 29.2. The molecule has 0 fully saturated rings. The molecule has 1 unspecified atom stereocenters. The minimum atomic E-state index is -0.446. The van der Waals surface area contributed by atoms with Gasteiger partial charge in [-0.2, -0.15) is 0 Å². The van der Waals surface area contributed by atoms with Gasteiger partial charge in [0, 0.05) is 18.0 Å². The summed E-state index contributed by atoms with van der Waals surface area (Å²) in [6.45, 7) is 7.83. The summed E-state index contributed by atoms with van der Waals surface area (Å²) in [6, 6.07) is 12.5. The summed E-state index contributed by atoms with van der Waals surface area (Å²) in [4.78, 5) is 21.5. The van der Waals surface area contributed by atoms with Crippen LogP contribution in [0, 0.1) is 5.92 Å². The van der Waals surface area contributed by atoms with Crippen LogP contribution in [0.15, 0.2) is 61.1 Å². The second kappa shape index (κ2) is 16.4. The second-order valence-corrected chi connectivity index (χ2v) is 9.81. The maximum absolute atomic E-state index is 12.9. The molecule has 1 atom stereocenters. The average Bonchev–Trinajstić information content (AvgIpc) is 2.96. The number of benzene rings is 2. The largest absolute Gasteiger partial charge is 0.494 e. The van der Waals surface area contributed by atoms with Gasteiger partial charge in [0.2, 0.25) is 0 Å². The van der Waals surface area contributed by atoms with Crippen LogP contribution in [0.5, 0.6) is 17.2 Å².